The molecule has 0 fully saturated rings. The number of methoxy groups -OCH3 is 1. The smallest absolute Gasteiger partial charge is 0.264 e. The Morgan fingerprint density at radius 3 is 2.55 bits per heavy atom. The van der Waals surface area contributed by atoms with E-state index in [-0.39, 0.29) is 12.2 Å². The summed E-state index contributed by atoms with van der Waals surface area (Å²) in [5.74, 6) is -0.254. The van der Waals surface area contributed by atoms with Crippen LogP contribution in [-0.4, -0.2) is 23.9 Å². The van der Waals surface area contributed by atoms with E-state index >= 15 is 0 Å². The lowest BCUT2D eigenvalue weighted by atomic mass is 9.88. The number of benzene rings is 3. The van der Waals surface area contributed by atoms with Crippen molar-refractivity contribution in [3.8, 4) is 5.75 Å². The molecule has 1 N–H and O–H groups in total. The zero-order valence-corrected chi connectivity index (χ0v) is 17.9. The van der Waals surface area contributed by atoms with Crippen LogP contribution in [0.2, 0.25) is 0 Å². The van der Waals surface area contributed by atoms with Crippen LogP contribution in [0.5, 0.6) is 5.75 Å². The van der Waals surface area contributed by atoms with E-state index in [1.165, 1.54) is 7.11 Å². The van der Waals surface area contributed by atoms with E-state index < -0.39 is 11.5 Å². The quantitative estimate of drug-likeness (QED) is 0.609. The maximum Gasteiger partial charge on any atom is 0.264 e. The molecule has 3 aromatic carbocycles. The van der Waals surface area contributed by atoms with Crippen LogP contribution in [0.3, 0.4) is 0 Å². The van der Waals surface area contributed by atoms with Crippen LogP contribution in [0.1, 0.15) is 39.0 Å². The maximum atomic E-state index is 13.5. The molecule has 1 heterocycles. The number of hydrogen-bond donors (Lipinski definition) is 1. The number of carbonyl (C=O) groups excluding carboxylic acids is 2. The fourth-order valence-corrected chi connectivity index (χ4v) is 4.16. The predicted molar refractivity (Wildman–Crippen MR) is 119 cm³/mol. The first-order valence-corrected chi connectivity index (χ1v) is 10.2. The Morgan fingerprint density at radius 1 is 1.03 bits per heavy atom. The largest absolute Gasteiger partial charge is 0.497 e. The van der Waals surface area contributed by atoms with E-state index in [0.717, 1.165) is 16.7 Å². The number of ether oxygens (including phenoxy) is 1. The predicted octanol–water partition coefficient (Wildman–Crippen LogP) is 4.32. The van der Waals surface area contributed by atoms with E-state index in [0.29, 0.717) is 29.1 Å². The molecule has 158 valence electrons. The summed E-state index contributed by atoms with van der Waals surface area (Å²) in [6, 6.07) is 19.9. The standard InChI is InChI=1S/C26H25NO4/c1-17-11-12-20(18(2)13-17)16-27-23-10-5-4-9-22(23)26(30,25(27)29)15-24(28)19-7-6-8-21(14-19)31-3/h4-14,30H,15-16H2,1-3H3/t26-/m1/s1. The van der Waals surface area contributed by atoms with Gasteiger partial charge in [-0.3, -0.25) is 9.59 Å². The van der Waals surface area contributed by atoms with Gasteiger partial charge in [-0.2, -0.15) is 0 Å². The second kappa shape index (κ2) is 8.00. The Bertz CT molecular complexity index is 1170. The van der Waals surface area contributed by atoms with Gasteiger partial charge in [-0.05, 0) is 43.2 Å². The van der Waals surface area contributed by atoms with Crippen LogP contribution < -0.4 is 9.64 Å². The Morgan fingerprint density at radius 2 is 1.81 bits per heavy atom. The highest BCUT2D eigenvalue weighted by molar-refractivity contribution is 6.10. The van der Waals surface area contributed by atoms with Crippen LogP contribution in [0, 0.1) is 13.8 Å². The average Bonchev–Trinajstić information content (AvgIpc) is 2.97. The number of Topliss-reactive ketones (excluding diaryl/α,β-unsaturated/α-hetero) is 1. The molecule has 0 saturated carbocycles. The van der Waals surface area contributed by atoms with Crippen molar-refractivity contribution in [3.63, 3.8) is 0 Å². The van der Waals surface area contributed by atoms with Crippen molar-refractivity contribution in [2.24, 2.45) is 0 Å². The van der Waals surface area contributed by atoms with Gasteiger partial charge < -0.3 is 14.7 Å². The fourth-order valence-electron chi connectivity index (χ4n) is 4.16. The molecule has 0 saturated heterocycles. The molecule has 5 nitrogen and oxygen atoms in total. The topological polar surface area (TPSA) is 66.8 Å². The van der Waals surface area contributed by atoms with Gasteiger partial charge in [0.25, 0.3) is 5.91 Å². The summed E-state index contributed by atoms with van der Waals surface area (Å²) in [6.45, 7) is 4.36. The number of carbonyl (C=O) groups is 2. The average molecular weight is 415 g/mol. The molecule has 0 radical (unpaired) electrons. The maximum absolute atomic E-state index is 13.5. The Kier molecular flexibility index (Phi) is 5.38. The van der Waals surface area contributed by atoms with Gasteiger partial charge in [-0.25, -0.2) is 0 Å². The molecule has 1 atom stereocenters. The second-order valence-corrected chi connectivity index (χ2v) is 8.03. The molecular weight excluding hydrogens is 390 g/mol. The zero-order chi connectivity index (χ0) is 22.2. The summed E-state index contributed by atoms with van der Waals surface area (Å²) in [6.07, 6.45) is -0.334. The molecule has 1 aliphatic heterocycles. The lowest BCUT2D eigenvalue weighted by Crippen LogP contribution is -2.41. The Hall–Kier alpha value is -3.44. The highest BCUT2D eigenvalue weighted by Gasteiger charge is 2.50. The summed E-state index contributed by atoms with van der Waals surface area (Å²) in [7, 11) is 1.53. The van der Waals surface area contributed by atoms with E-state index in [4.69, 9.17) is 4.74 Å². The number of ketones is 1. The number of nitrogens with zero attached hydrogens (tertiary/aromatic N) is 1. The van der Waals surface area contributed by atoms with Gasteiger partial charge in [0.2, 0.25) is 0 Å². The summed E-state index contributed by atoms with van der Waals surface area (Å²) in [5, 5.41) is 11.5. The first-order chi connectivity index (χ1) is 14.8. The normalized spacial score (nSPS) is 17.5. The number of aliphatic hydroxyl groups is 1. The van der Waals surface area contributed by atoms with E-state index in [1.807, 2.05) is 38.1 Å². The van der Waals surface area contributed by atoms with Gasteiger partial charge >= 0.3 is 0 Å². The minimum atomic E-state index is -1.91. The summed E-state index contributed by atoms with van der Waals surface area (Å²) < 4.78 is 5.19. The van der Waals surface area contributed by atoms with Crippen molar-refractivity contribution in [2.45, 2.75) is 32.4 Å². The first-order valence-electron chi connectivity index (χ1n) is 10.2. The van der Waals surface area contributed by atoms with Crippen LogP contribution in [0.25, 0.3) is 0 Å². The number of para-hydroxylation sites is 1. The molecular formula is C26H25NO4. The number of anilines is 1. The molecule has 1 aliphatic rings. The molecule has 0 spiro atoms. The summed E-state index contributed by atoms with van der Waals surface area (Å²) >= 11 is 0. The van der Waals surface area contributed by atoms with Gasteiger partial charge in [0.1, 0.15) is 5.75 Å². The van der Waals surface area contributed by atoms with Gasteiger partial charge in [0.15, 0.2) is 11.4 Å². The molecule has 0 unspecified atom stereocenters. The van der Waals surface area contributed by atoms with Gasteiger partial charge in [-0.15, -0.1) is 0 Å². The van der Waals surface area contributed by atoms with Crippen LogP contribution >= 0.6 is 0 Å². The van der Waals surface area contributed by atoms with Gasteiger partial charge in [0, 0.05) is 11.1 Å². The SMILES string of the molecule is COc1cccc(C(=O)C[C@]2(O)C(=O)N(Cc3ccc(C)cc3C)c3ccccc32)c1. The van der Waals surface area contributed by atoms with Gasteiger partial charge in [-0.1, -0.05) is 54.1 Å². The summed E-state index contributed by atoms with van der Waals surface area (Å²) in [4.78, 5) is 28.0. The van der Waals surface area contributed by atoms with E-state index in [2.05, 4.69) is 6.07 Å². The monoisotopic (exact) mass is 415 g/mol. The van der Waals surface area contributed by atoms with Crippen molar-refractivity contribution in [1.29, 1.82) is 0 Å². The third-order valence-corrected chi connectivity index (χ3v) is 5.87. The van der Waals surface area contributed by atoms with Crippen LogP contribution in [0.15, 0.2) is 66.7 Å². The molecule has 4 rings (SSSR count). The van der Waals surface area contributed by atoms with Crippen molar-refractivity contribution >= 4 is 17.4 Å². The number of amides is 1. The van der Waals surface area contributed by atoms with Gasteiger partial charge in [0.05, 0.1) is 25.8 Å². The fraction of sp³-hybridized carbons (Fsp3) is 0.231. The van der Waals surface area contributed by atoms with E-state index in [9.17, 15) is 14.7 Å². The molecule has 0 bridgehead atoms. The van der Waals surface area contributed by atoms with Crippen molar-refractivity contribution in [1.82, 2.24) is 0 Å². The number of aryl methyl sites for hydroxylation is 2. The lowest BCUT2D eigenvalue weighted by Gasteiger charge is -2.23. The second-order valence-electron chi connectivity index (χ2n) is 8.03. The number of rotatable bonds is 6. The number of fused-ring (bicyclic) bond motifs is 1. The first kappa shape index (κ1) is 20.8. The minimum absolute atomic E-state index is 0.321. The minimum Gasteiger partial charge on any atom is -0.497 e. The molecule has 3 aromatic rings. The number of hydrogen-bond acceptors (Lipinski definition) is 4. The van der Waals surface area contributed by atoms with E-state index in [1.54, 1.807) is 41.3 Å². The highest BCUT2D eigenvalue weighted by atomic mass is 16.5. The molecule has 1 amide bonds. The molecule has 0 aromatic heterocycles. The molecule has 0 aliphatic carbocycles. The summed E-state index contributed by atoms with van der Waals surface area (Å²) in [5.41, 5.74) is 2.80. The molecule has 31 heavy (non-hydrogen) atoms. The third kappa shape index (κ3) is 3.73. The van der Waals surface area contributed by atoms with Crippen molar-refractivity contribution in [3.05, 3.63) is 94.5 Å². The lowest BCUT2D eigenvalue weighted by molar-refractivity contribution is -0.136. The Balaban J connectivity index is 1.68. The third-order valence-electron chi connectivity index (χ3n) is 5.87. The molecule has 5 heteroatoms. The Labute approximate surface area is 181 Å². The van der Waals surface area contributed by atoms with Crippen molar-refractivity contribution in [2.75, 3.05) is 12.0 Å². The van der Waals surface area contributed by atoms with Crippen LogP contribution in [0.4, 0.5) is 5.69 Å². The van der Waals surface area contributed by atoms with Crippen molar-refractivity contribution < 1.29 is 19.4 Å². The zero-order valence-electron chi connectivity index (χ0n) is 17.9. The highest BCUT2D eigenvalue weighted by Crippen LogP contribution is 2.43. The van der Waals surface area contributed by atoms with Crippen LogP contribution in [-0.2, 0) is 16.9 Å².